The summed E-state index contributed by atoms with van der Waals surface area (Å²) in [5, 5.41) is 3.53. The van der Waals surface area contributed by atoms with E-state index in [1.54, 1.807) is 7.11 Å². The Balaban J connectivity index is 1.96. The molecule has 1 N–H and O–H groups in total. The van der Waals surface area contributed by atoms with Gasteiger partial charge < -0.3 is 10.1 Å². The fourth-order valence-corrected chi connectivity index (χ4v) is 2.28. The Morgan fingerprint density at radius 3 is 2.69 bits per heavy atom. The number of hydrogen-bond donors (Lipinski definition) is 1. The van der Waals surface area contributed by atoms with Gasteiger partial charge in [-0.15, -0.1) is 0 Å². The normalized spacial score (nSPS) is 22.2. The minimum absolute atomic E-state index is 0.193. The highest BCUT2D eigenvalue weighted by Gasteiger charge is 2.14. The van der Waals surface area contributed by atoms with Crippen LogP contribution in [-0.2, 0) is 11.2 Å². The number of nitrogens with one attached hydrogen (secondary N) is 1. The second-order valence-corrected chi connectivity index (χ2v) is 4.62. The average Bonchev–Trinajstić information content (AvgIpc) is 2.82. The van der Waals surface area contributed by atoms with Crippen LogP contribution in [0.1, 0.15) is 37.0 Å². The van der Waals surface area contributed by atoms with Crippen LogP contribution in [0, 0.1) is 0 Å². The quantitative estimate of drug-likeness (QED) is 0.840. The molecular weight excluding hydrogens is 198 g/mol. The summed E-state index contributed by atoms with van der Waals surface area (Å²) >= 11 is 0. The molecule has 2 nitrogen and oxygen atoms in total. The third-order valence-electron chi connectivity index (χ3n) is 3.45. The van der Waals surface area contributed by atoms with Crippen molar-refractivity contribution in [2.45, 2.75) is 38.3 Å². The number of hydrogen-bond acceptors (Lipinski definition) is 2. The minimum Gasteiger partial charge on any atom is -0.377 e. The van der Waals surface area contributed by atoms with Crippen molar-refractivity contribution in [3.63, 3.8) is 0 Å². The maximum Gasteiger partial charge on any atom is 0.0793 e. The van der Waals surface area contributed by atoms with Crippen LogP contribution in [-0.4, -0.2) is 19.7 Å². The van der Waals surface area contributed by atoms with Crippen LogP contribution in [0.25, 0.3) is 0 Å². The molecule has 2 unspecified atom stereocenters. The second kappa shape index (κ2) is 5.46. The molecule has 0 bridgehead atoms. The molecule has 1 saturated heterocycles. The van der Waals surface area contributed by atoms with E-state index in [-0.39, 0.29) is 6.10 Å². The van der Waals surface area contributed by atoms with Gasteiger partial charge in [-0.1, -0.05) is 24.3 Å². The van der Waals surface area contributed by atoms with E-state index in [0.29, 0.717) is 6.04 Å². The van der Waals surface area contributed by atoms with E-state index in [1.165, 1.54) is 30.5 Å². The molecule has 0 saturated carbocycles. The van der Waals surface area contributed by atoms with Gasteiger partial charge in [0.2, 0.25) is 0 Å². The van der Waals surface area contributed by atoms with Crippen LogP contribution in [0.4, 0.5) is 0 Å². The summed E-state index contributed by atoms with van der Waals surface area (Å²) in [7, 11) is 1.75. The molecule has 0 spiro atoms. The van der Waals surface area contributed by atoms with E-state index < -0.39 is 0 Å². The van der Waals surface area contributed by atoms with Gasteiger partial charge in [-0.05, 0) is 43.9 Å². The van der Waals surface area contributed by atoms with Crippen molar-refractivity contribution in [1.29, 1.82) is 0 Å². The molecule has 1 fully saturated rings. The van der Waals surface area contributed by atoms with Crippen LogP contribution in [0.15, 0.2) is 24.3 Å². The number of ether oxygens (including phenoxy) is 1. The number of benzene rings is 1. The van der Waals surface area contributed by atoms with Crippen molar-refractivity contribution in [3.8, 4) is 0 Å². The van der Waals surface area contributed by atoms with Crippen molar-refractivity contribution in [3.05, 3.63) is 35.4 Å². The maximum absolute atomic E-state index is 5.30. The highest BCUT2D eigenvalue weighted by Crippen LogP contribution is 2.18. The largest absolute Gasteiger partial charge is 0.377 e. The van der Waals surface area contributed by atoms with Gasteiger partial charge >= 0.3 is 0 Å². The van der Waals surface area contributed by atoms with Crippen molar-refractivity contribution < 1.29 is 4.74 Å². The molecule has 1 aromatic rings. The molecule has 0 amide bonds. The van der Waals surface area contributed by atoms with Gasteiger partial charge in [0.05, 0.1) is 6.10 Å². The van der Waals surface area contributed by atoms with Gasteiger partial charge in [0.25, 0.3) is 0 Å². The van der Waals surface area contributed by atoms with Gasteiger partial charge in [0, 0.05) is 13.2 Å². The Morgan fingerprint density at radius 1 is 1.38 bits per heavy atom. The fourth-order valence-electron chi connectivity index (χ4n) is 2.28. The Hall–Kier alpha value is -0.860. The fraction of sp³-hybridized carbons (Fsp3) is 0.571. The lowest BCUT2D eigenvalue weighted by Crippen LogP contribution is -2.23. The molecule has 2 heteroatoms. The SMILES string of the molecule is COC(C)c1ccc(CC2CCCN2)cc1. The Bertz CT molecular complexity index is 314. The lowest BCUT2D eigenvalue weighted by molar-refractivity contribution is 0.119. The van der Waals surface area contributed by atoms with Crippen molar-refractivity contribution in [2.75, 3.05) is 13.7 Å². The molecule has 1 aliphatic rings. The third kappa shape index (κ3) is 2.83. The summed E-state index contributed by atoms with van der Waals surface area (Å²) in [6, 6.07) is 9.50. The smallest absolute Gasteiger partial charge is 0.0793 e. The van der Waals surface area contributed by atoms with Crippen LogP contribution in [0.2, 0.25) is 0 Å². The molecule has 1 heterocycles. The van der Waals surface area contributed by atoms with Gasteiger partial charge in [0.15, 0.2) is 0 Å². The van der Waals surface area contributed by atoms with Gasteiger partial charge in [-0.2, -0.15) is 0 Å². The molecule has 0 aliphatic carbocycles. The summed E-state index contributed by atoms with van der Waals surface area (Å²) < 4.78 is 5.30. The predicted octanol–water partition coefficient (Wildman–Crippen LogP) is 2.69. The highest BCUT2D eigenvalue weighted by atomic mass is 16.5. The lowest BCUT2D eigenvalue weighted by atomic mass is 10.0. The maximum atomic E-state index is 5.30. The van der Waals surface area contributed by atoms with Crippen LogP contribution in [0.3, 0.4) is 0 Å². The van der Waals surface area contributed by atoms with E-state index in [9.17, 15) is 0 Å². The van der Waals surface area contributed by atoms with Gasteiger partial charge in [-0.3, -0.25) is 0 Å². The monoisotopic (exact) mass is 219 g/mol. The summed E-state index contributed by atoms with van der Waals surface area (Å²) in [5.41, 5.74) is 2.68. The Kier molecular flexibility index (Phi) is 3.97. The zero-order chi connectivity index (χ0) is 11.4. The summed E-state index contributed by atoms with van der Waals surface area (Å²) in [4.78, 5) is 0. The lowest BCUT2D eigenvalue weighted by Gasteiger charge is -2.12. The Morgan fingerprint density at radius 2 is 2.12 bits per heavy atom. The predicted molar refractivity (Wildman–Crippen MR) is 66.6 cm³/mol. The summed E-state index contributed by atoms with van der Waals surface area (Å²) in [5.74, 6) is 0. The standard InChI is InChI=1S/C14H21NO/c1-11(16-2)13-7-5-12(6-8-13)10-14-4-3-9-15-14/h5-8,11,14-15H,3-4,9-10H2,1-2H3. The molecule has 1 aromatic carbocycles. The molecule has 1 aliphatic heterocycles. The molecule has 0 aromatic heterocycles. The highest BCUT2D eigenvalue weighted by molar-refractivity contribution is 5.24. The van der Waals surface area contributed by atoms with E-state index in [1.807, 2.05) is 0 Å². The van der Waals surface area contributed by atoms with Crippen LogP contribution in [0.5, 0.6) is 0 Å². The minimum atomic E-state index is 0.193. The first-order valence-corrected chi connectivity index (χ1v) is 6.14. The molecular formula is C14H21NO. The van der Waals surface area contributed by atoms with E-state index >= 15 is 0 Å². The molecule has 2 rings (SSSR count). The zero-order valence-electron chi connectivity index (χ0n) is 10.2. The number of methoxy groups -OCH3 is 1. The van der Waals surface area contributed by atoms with E-state index in [2.05, 4.69) is 36.5 Å². The molecule has 2 atom stereocenters. The van der Waals surface area contributed by atoms with Crippen molar-refractivity contribution in [1.82, 2.24) is 5.32 Å². The average molecular weight is 219 g/mol. The molecule has 88 valence electrons. The van der Waals surface area contributed by atoms with E-state index in [0.717, 1.165) is 6.42 Å². The first kappa shape index (κ1) is 11.6. The van der Waals surface area contributed by atoms with Crippen molar-refractivity contribution in [2.24, 2.45) is 0 Å². The Labute approximate surface area is 98.0 Å². The van der Waals surface area contributed by atoms with Crippen molar-refractivity contribution >= 4 is 0 Å². The third-order valence-corrected chi connectivity index (χ3v) is 3.45. The first-order chi connectivity index (χ1) is 7.79. The molecule has 16 heavy (non-hydrogen) atoms. The topological polar surface area (TPSA) is 21.3 Å². The summed E-state index contributed by atoms with van der Waals surface area (Å²) in [6.45, 7) is 3.26. The number of rotatable bonds is 4. The second-order valence-electron chi connectivity index (χ2n) is 4.62. The first-order valence-electron chi connectivity index (χ1n) is 6.14. The van der Waals surface area contributed by atoms with Gasteiger partial charge in [-0.25, -0.2) is 0 Å². The molecule has 0 radical (unpaired) electrons. The summed E-state index contributed by atoms with van der Waals surface area (Å²) in [6.07, 6.45) is 3.99. The van der Waals surface area contributed by atoms with Crippen LogP contribution < -0.4 is 5.32 Å². The van der Waals surface area contributed by atoms with E-state index in [4.69, 9.17) is 4.74 Å². The van der Waals surface area contributed by atoms with Crippen LogP contribution >= 0.6 is 0 Å². The zero-order valence-corrected chi connectivity index (χ0v) is 10.2. The van der Waals surface area contributed by atoms with Gasteiger partial charge in [0.1, 0.15) is 0 Å².